The van der Waals surface area contributed by atoms with Crippen LogP contribution in [0.4, 0.5) is 0 Å². The Hall–Kier alpha value is -1.35. The normalized spacial score (nSPS) is 9.93. The lowest BCUT2D eigenvalue weighted by molar-refractivity contribution is 0.0827. The van der Waals surface area contributed by atoms with E-state index in [4.69, 9.17) is 4.74 Å². The highest BCUT2D eigenvalue weighted by molar-refractivity contribution is 5.93. The predicted octanol–water partition coefficient (Wildman–Crippen LogP) is 1.70. The van der Waals surface area contributed by atoms with Gasteiger partial charge < -0.3 is 9.64 Å². The SMILES string of the molecule is [CH2]OCc1ccc(C(=O)N(C)C)cc1. The number of ether oxygens (including phenoxy) is 1. The Labute approximate surface area is 84.3 Å². The van der Waals surface area contributed by atoms with Gasteiger partial charge >= 0.3 is 0 Å². The first-order chi connectivity index (χ1) is 6.65. The van der Waals surface area contributed by atoms with Gasteiger partial charge in [0.2, 0.25) is 0 Å². The van der Waals surface area contributed by atoms with Gasteiger partial charge in [-0.25, -0.2) is 0 Å². The Morgan fingerprint density at radius 1 is 1.36 bits per heavy atom. The molecule has 0 heterocycles. The van der Waals surface area contributed by atoms with Crippen molar-refractivity contribution in [2.75, 3.05) is 14.1 Å². The molecular weight excluding hydrogens is 178 g/mol. The number of hydrogen-bond acceptors (Lipinski definition) is 2. The van der Waals surface area contributed by atoms with E-state index in [1.54, 1.807) is 31.1 Å². The van der Waals surface area contributed by atoms with E-state index in [1.165, 1.54) is 0 Å². The van der Waals surface area contributed by atoms with E-state index in [2.05, 4.69) is 7.11 Å². The molecule has 1 aromatic rings. The van der Waals surface area contributed by atoms with Crippen LogP contribution in [0.3, 0.4) is 0 Å². The third kappa shape index (κ3) is 2.57. The smallest absolute Gasteiger partial charge is 0.253 e. The fourth-order valence-electron chi connectivity index (χ4n) is 1.12. The second-order valence-corrected chi connectivity index (χ2v) is 3.24. The van der Waals surface area contributed by atoms with E-state index in [-0.39, 0.29) is 5.91 Å². The molecular formula is C11H14NO2. The lowest BCUT2D eigenvalue weighted by atomic mass is 10.1. The van der Waals surface area contributed by atoms with Gasteiger partial charge in [0.15, 0.2) is 0 Å². The number of hydrogen-bond donors (Lipinski definition) is 0. The highest BCUT2D eigenvalue weighted by Crippen LogP contribution is 2.07. The molecule has 1 amide bonds. The summed E-state index contributed by atoms with van der Waals surface area (Å²) in [6, 6.07) is 7.30. The second kappa shape index (κ2) is 4.77. The molecule has 75 valence electrons. The summed E-state index contributed by atoms with van der Waals surface area (Å²) in [6.07, 6.45) is 0. The molecule has 0 N–H and O–H groups in total. The van der Waals surface area contributed by atoms with Crippen molar-refractivity contribution in [2.45, 2.75) is 6.61 Å². The van der Waals surface area contributed by atoms with Crippen molar-refractivity contribution < 1.29 is 9.53 Å². The molecule has 0 bridgehead atoms. The van der Waals surface area contributed by atoms with Gasteiger partial charge in [0, 0.05) is 19.7 Å². The zero-order valence-corrected chi connectivity index (χ0v) is 8.49. The van der Waals surface area contributed by atoms with Gasteiger partial charge in [-0.1, -0.05) is 12.1 Å². The van der Waals surface area contributed by atoms with E-state index in [0.717, 1.165) is 5.56 Å². The summed E-state index contributed by atoms with van der Waals surface area (Å²) in [5.41, 5.74) is 1.69. The molecule has 0 saturated carbocycles. The van der Waals surface area contributed by atoms with Crippen LogP contribution in [-0.4, -0.2) is 24.9 Å². The van der Waals surface area contributed by atoms with Gasteiger partial charge in [0.05, 0.1) is 13.7 Å². The Balaban J connectivity index is 2.78. The molecule has 0 aliphatic heterocycles. The summed E-state index contributed by atoms with van der Waals surface area (Å²) in [4.78, 5) is 13.0. The van der Waals surface area contributed by atoms with E-state index >= 15 is 0 Å². The van der Waals surface area contributed by atoms with Crippen LogP contribution < -0.4 is 0 Å². The fourth-order valence-corrected chi connectivity index (χ4v) is 1.12. The van der Waals surface area contributed by atoms with Crippen molar-refractivity contribution in [3.8, 4) is 0 Å². The van der Waals surface area contributed by atoms with Gasteiger partial charge in [0.25, 0.3) is 5.91 Å². The van der Waals surface area contributed by atoms with Crippen LogP contribution in [-0.2, 0) is 11.3 Å². The van der Waals surface area contributed by atoms with Crippen LogP contribution in [0.2, 0.25) is 0 Å². The first-order valence-corrected chi connectivity index (χ1v) is 4.32. The number of carbonyl (C=O) groups excluding carboxylic acids is 1. The average molecular weight is 192 g/mol. The van der Waals surface area contributed by atoms with Crippen LogP contribution in [0.1, 0.15) is 15.9 Å². The van der Waals surface area contributed by atoms with E-state index in [1.807, 2.05) is 12.1 Å². The summed E-state index contributed by atoms with van der Waals surface area (Å²) < 4.78 is 4.73. The van der Waals surface area contributed by atoms with Crippen LogP contribution in [0, 0.1) is 7.11 Å². The lowest BCUT2D eigenvalue weighted by Crippen LogP contribution is -2.21. The minimum absolute atomic E-state index is 0.00657. The summed E-state index contributed by atoms with van der Waals surface area (Å²) in [7, 11) is 6.75. The quantitative estimate of drug-likeness (QED) is 0.729. The van der Waals surface area contributed by atoms with E-state index in [0.29, 0.717) is 12.2 Å². The van der Waals surface area contributed by atoms with Crippen LogP contribution in [0.15, 0.2) is 24.3 Å². The maximum Gasteiger partial charge on any atom is 0.253 e. The maximum atomic E-state index is 11.5. The van der Waals surface area contributed by atoms with Gasteiger partial charge in [-0.2, -0.15) is 0 Å². The number of nitrogens with zero attached hydrogens (tertiary/aromatic N) is 1. The molecule has 3 nitrogen and oxygen atoms in total. The molecule has 0 fully saturated rings. The Kier molecular flexibility index (Phi) is 3.65. The lowest BCUT2D eigenvalue weighted by Gasteiger charge is -2.10. The number of benzene rings is 1. The largest absolute Gasteiger partial charge is 0.374 e. The van der Waals surface area contributed by atoms with Crippen molar-refractivity contribution in [2.24, 2.45) is 0 Å². The number of carbonyl (C=O) groups is 1. The zero-order valence-electron chi connectivity index (χ0n) is 8.49. The number of rotatable bonds is 3. The van der Waals surface area contributed by atoms with Gasteiger partial charge in [-0.15, -0.1) is 0 Å². The number of amides is 1. The van der Waals surface area contributed by atoms with Crippen LogP contribution >= 0.6 is 0 Å². The molecule has 0 aliphatic carbocycles. The topological polar surface area (TPSA) is 29.5 Å². The van der Waals surface area contributed by atoms with Crippen molar-refractivity contribution in [3.05, 3.63) is 42.5 Å². The van der Waals surface area contributed by atoms with Crippen molar-refractivity contribution in [1.82, 2.24) is 4.90 Å². The van der Waals surface area contributed by atoms with Crippen molar-refractivity contribution in [1.29, 1.82) is 0 Å². The van der Waals surface area contributed by atoms with Gasteiger partial charge in [-0.05, 0) is 17.7 Å². The standard InChI is InChI=1S/C11H14NO2/c1-12(2)11(13)10-6-4-9(5-7-10)8-14-3/h4-7H,3,8H2,1-2H3. The third-order valence-electron chi connectivity index (χ3n) is 1.88. The van der Waals surface area contributed by atoms with Gasteiger partial charge in [-0.3, -0.25) is 4.79 Å². The molecule has 1 radical (unpaired) electrons. The Morgan fingerprint density at radius 2 is 1.93 bits per heavy atom. The molecule has 0 atom stereocenters. The Bertz CT molecular complexity index is 304. The second-order valence-electron chi connectivity index (χ2n) is 3.24. The molecule has 0 saturated heterocycles. The van der Waals surface area contributed by atoms with E-state index < -0.39 is 0 Å². The molecule has 0 spiro atoms. The summed E-state index contributed by atoms with van der Waals surface area (Å²) in [5, 5.41) is 0. The molecule has 1 rings (SSSR count). The van der Waals surface area contributed by atoms with Crippen molar-refractivity contribution >= 4 is 5.91 Å². The first kappa shape index (κ1) is 10.7. The summed E-state index contributed by atoms with van der Waals surface area (Å²) in [5.74, 6) is 0.00657. The zero-order chi connectivity index (χ0) is 10.6. The maximum absolute atomic E-state index is 11.5. The van der Waals surface area contributed by atoms with Crippen molar-refractivity contribution in [3.63, 3.8) is 0 Å². The molecule has 0 unspecified atom stereocenters. The minimum Gasteiger partial charge on any atom is -0.374 e. The average Bonchev–Trinajstić information content (AvgIpc) is 2.18. The highest BCUT2D eigenvalue weighted by Gasteiger charge is 2.06. The highest BCUT2D eigenvalue weighted by atomic mass is 16.5. The third-order valence-corrected chi connectivity index (χ3v) is 1.88. The fraction of sp³-hybridized carbons (Fsp3) is 0.273. The molecule has 0 aromatic heterocycles. The predicted molar refractivity (Wildman–Crippen MR) is 54.6 cm³/mol. The molecule has 3 heteroatoms. The molecule has 14 heavy (non-hydrogen) atoms. The molecule has 1 aromatic carbocycles. The summed E-state index contributed by atoms with van der Waals surface area (Å²) >= 11 is 0. The minimum atomic E-state index is 0.00657. The van der Waals surface area contributed by atoms with Gasteiger partial charge in [0.1, 0.15) is 0 Å². The Morgan fingerprint density at radius 3 is 2.36 bits per heavy atom. The summed E-state index contributed by atoms with van der Waals surface area (Å²) in [6.45, 7) is 0.469. The first-order valence-electron chi connectivity index (χ1n) is 4.32. The van der Waals surface area contributed by atoms with Crippen LogP contribution in [0.5, 0.6) is 0 Å². The van der Waals surface area contributed by atoms with E-state index in [9.17, 15) is 4.79 Å². The molecule has 0 aliphatic rings. The van der Waals surface area contributed by atoms with Crippen LogP contribution in [0.25, 0.3) is 0 Å². The monoisotopic (exact) mass is 192 g/mol.